The molecule has 1 fully saturated rings. The zero-order valence-electron chi connectivity index (χ0n) is 17.0. The number of para-hydroxylation sites is 1. The number of imidazole rings is 1. The van der Waals surface area contributed by atoms with Crippen LogP contribution in [0.3, 0.4) is 0 Å². The van der Waals surface area contributed by atoms with Gasteiger partial charge in [0, 0.05) is 16.9 Å². The topological polar surface area (TPSA) is 124 Å². The maximum atomic E-state index is 15.3. The summed E-state index contributed by atoms with van der Waals surface area (Å²) in [6.45, 7) is 3.46. The molecule has 1 saturated heterocycles. The Hall–Kier alpha value is -2.88. The van der Waals surface area contributed by atoms with Crippen LogP contribution < -0.4 is 15.0 Å². The van der Waals surface area contributed by atoms with Gasteiger partial charge >= 0.3 is 8.25 Å². The van der Waals surface area contributed by atoms with E-state index in [1.165, 1.54) is 6.33 Å². The second-order valence-electron chi connectivity index (χ2n) is 7.12. The van der Waals surface area contributed by atoms with Crippen molar-refractivity contribution in [3.8, 4) is 11.6 Å². The van der Waals surface area contributed by atoms with E-state index in [9.17, 15) is 4.57 Å². The van der Waals surface area contributed by atoms with E-state index in [1.54, 1.807) is 34.9 Å². The third kappa shape index (κ3) is 4.58. The lowest BCUT2D eigenvalue weighted by atomic mass is 10.1. The normalized spacial score (nSPS) is 23.8. The highest BCUT2D eigenvalue weighted by Gasteiger charge is 2.49. The second-order valence-corrected chi connectivity index (χ2v) is 8.01. The summed E-state index contributed by atoms with van der Waals surface area (Å²) in [5.41, 5.74) is 6.56. The van der Waals surface area contributed by atoms with Crippen molar-refractivity contribution in [2.24, 2.45) is 5.92 Å². The van der Waals surface area contributed by atoms with Crippen LogP contribution in [-0.2, 0) is 13.8 Å². The molecule has 1 unspecified atom stereocenters. The average Bonchev–Trinajstić information content (AvgIpc) is 3.28. The first-order valence-electron chi connectivity index (χ1n) is 9.71. The Balaban J connectivity index is 1.47. The molecule has 0 spiro atoms. The quantitative estimate of drug-likeness (QED) is 0.511. The lowest BCUT2D eigenvalue weighted by Crippen LogP contribution is -2.28. The van der Waals surface area contributed by atoms with Crippen LogP contribution in [0.5, 0.6) is 11.6 Å². The summed E-state index contributed by atoms with van der Waals surface area (Å²) in [6.07, 6.45) is 0.772. The maximum absolute atomic E-state index is 15.3. The van der Waals surface area contributed by atoms with Crippen molar-refractivity contribution in [3.05, 3.63) is 36.7 Å². The fourth-order valence-electron chi connectivity index (χ4n) is 3.46. The van der Waals surface area contributed by atoms with Crippen LogP contribution >= 0.6 is 8.25 Å². The van der Waals surface area contributed by atoms with Gasteiger partial charge in [0.2, 0.25) is 17.7 Å². The number of nitrogens with zero attached hydrogens (tertiary/aromatic N) is 4. The number of alkyl halides is 1. The Kier molecular flexibility index (Phi) is 5.99. The number of nitrogens with two attached hydrogens (primary N) is 1. The van der Waals surface area contributed by atoms with Crippen LogP contribution in [-0.4, -0.2) is 38.6 Å². The van der Waals surface area contributed by atoms with Gasteiger partial charge < -0.3 is 15.2 Å². The van der Waals surface area contributed by atoms with Crippen molar-refractivity contribution in [1.82, 2.24) is 19.5 Å². The summed E-state index contributed by atoms with van der Waals surface area (Å²) in [6, 6.07) is 8.50. The molecule has 3 aromatic rings. The van der Waals surface area contributed by atoms with E-state index in [0.717, 1.165) is 0 Å². The first kappa shape index (κ1) is 21.4. The molecular weight excluding hydrogens is 428 g/mol. The fraction of sp³-hybridized carbons (Fsp3) is 0.421. The number of rotatable bonds is 8. The van der Waals surface area contributed by atoms with Gasteiger partial charge in [-0.1, -0.05) is 25.1 Å². The number of benzene rings is 1. The number of ether oxygens (including phenoxy) is 2. The van der Waals surface area contributed by atoms with Crippen molar-refractivity contribution >= 4 is 25.4 Å². The minimum atomic E-state index is -2.56. The number of aromatic nitrogens is 4. The lowest BCUT2D eigenvalue weighted by molar-refractivity contribution is -0.172. The predicted octanol–water partition coefficient (Wildman–Crippen LogP) is 3.78. The highest BCUT2D eigenvalue weighted by atomic mass is 31.1. The van der Waals surface area contributed by atoms with Crippen LogP contribution in [0, 0.1) is 5.92 Å². The SMILES string of the molecule is CCOc1nc(N)nc2c1ncn2[C@@H]1O[C@](F)(CO[P+](=O)Oc2ccccc2)C[C@@H]1C. The van der Waals surface area contributed by atoms with Gasteiger partial charge in [-0.2, -0.15) is 9.97 Å². The van der Waals surface area contributed by atoms with Crippen molar-refractivity contribution in [2.75, 3.05) is 18.9 Å². The average molecular weight is 450 g/mol. The molecule has 0 amide bonds. The predicted molar refractivity (Wildman–Crippen MR) is 109 cm³/mol. The molecule has 2 aromatic heterocycles. The molecule has 1 aliphatic rings. The molecule has 0 saturated carbocycles. The molecule has 0 bridgehead atoms. The van der Waals surface area contributed by atoms with Gasteiger partial charge in [0.05, 0.1) is 12.9 Å². The van der Waals surface area contributed by atoms with Crippen LogP contribution in [0.1, 0.15) is 26.5 Å². The number of anilines is 1. The Morgan fingerprint density at radius 3 is 2.87 bits per heavy atom. The minimum Gasteiger partial charge on any atom is -0.476 e. The third-order valence-corrected chi connectivity index (χ3v) is 5.42. The molecule has 164 valence electrons. The highest BCUT2D eigenvalue weighted by Crippen LogP contribution is 2.44. The molecule has 31 heavy (non-hydrogen) atoms. The maximum Gasteiger partial charge on any atom is 0.750 e. The summed E-state index contributed by atoms with van der Waals surface area (Å²) in [5.74, 6) is -1.80. The summed E-state index contributed by atoms with van der Waals surface area (Å²) in [4.78, 5) is 12.5. The molecule has 2 N–H and O–H groups in total. The largest absolute Gasteiger partial charge is 0.750 e. The van der Waals surface area contributed by atoms with Crippen LogP contribution in [0.15, 0.2) is 36.7 Å². The van der Waals surface area contributed by atoms with Gasteiger partial charge in [0.25, 0.3) is 0 Å². The molecular formula is C19H22FN5O5P+. The Bertz CT molecular complexity index is 1080. The Labute approximate surface area is 178 Å². The zero-order chi connectivity index (χ0) is 22.0. The van der Waals surface area contributed by atoms with E-state index >= 15 is 4.39 Å². The van der Waals surface area contributed by atoms with E-state index in [2.05, 4.69) is 15.0 Å². The van der Waals surface area contributed by atoms with E-state index in [4.69, 9.17) is 24.3 Å². The lowest BCUT2D eigenvalue weighted by Gasteiger charge is -2.19. The molecule has 1 aliphatic heterocycles. The molecule has 3 heterocycles. The van der Waals surface area contributed by atoms with E-state index in [-0.39, 0.29) is 24.2 Å². The summed E-state index contributed by atoms with van der Waals surface area (Å²) < 4.78 is 50.3. The van der Waals surface area contributed by atoms with Gasteiger partial charge in [-0.25, -0.2) is 13.9 Å². The first-order chi connectivity index (χ1) is 14.9. The van der Waals surface area contributed by atoms with Gasteiger partial charge in [-0.3, -0.25) is 4.57 Å². The van der Waals surface area contributed by atoms with E-state index in [0.29, 0.717) is 23.5 Å². The number of fused-ring (bicyclic) bond motifs is 1. The summed E-state index contributed by atoms with van der Waals surface area (Å²) in [7, 11) is -2.56. The highest BCUT2D eigenvalue weighted by molar-refractivity contribution is 7.33. The van der Waals surface area contributed by atoms with Crippen molar-refractivity contribution < 1.29 is 27.5 Å². The third-order valence-electron chi connectivity index (χ3n) is 4.72. The zero-order valence-corrected chi connectivity index (χ0v) is 17.9. The van der Waals surface area contributed by atoms with E-state index in [1.807, 2.05) is 13.8 Å². The number of halogens is 1. The monoisotopic (exact) mass is 450 g/mol. The molecule has 4 rings (SSSR count). The van der Waals surface area contributed by atoms with Gasteiger partial charge in [0.1, 0.15) is 6.23 Å². The minimum absolute atomic E-state index is 0.00764. The van der Waals surface area contributed by atoms with Gasteiger partial charge in [0.15, 0.2) is 23.5 Å². The molecule has 4 atom stereocenters. The molecule has 12 heteroatoms. The smallest absolute Gasteiger partial charge is 0.476 e. The number of hydrogen-bond donors (Lipinski definition) is 1. The van der Waals surface area contributed by atoms with Crippen LogP contribution in [0.4, 0.5) is 10.3 Å². The number of nitrogen functional groups attached to an aromatic ring is 1. The Morgan fingerprint density at radius 1 is 1.35 bits per heavy atom. The van der Waals surface area contributed by atoms with Crippen LogP contribution in [0.2, 0.25) is 0 Å². The summed E-state index contributed by atoms with van der Waals surface area (Å²) >= 11 is 0. The van der Waals surface area contributed by atoms with Crippen molar-refractivity contribution in [1.29, 1.82) is 0 Å². The second kappa shape index (κ2) is 8.70. The molecule has 10 nitrogen and oxygen atoms in total. The summed E-state index contributed by atoms with van der Waals surface area (Å²) in [5, 5.41) is 0. The van der Waals surface area contributed by atoms with Crippen molar-refractivity contribution in [3.63, 3.8) is 0 Å². The standard InChI is InChI=1S/C19H22FN5O5P/c1-3-27-16-14-15(23-18(21)24-16)25(11-22-14)17-12(2)9-19(20,29-17)10-28-31(26)30-13-7-5-4-6-8-13/h4-8,11-12,17H,3,9-10H2,1-2H3,(H2,21,23,24)/q+1/t12-,17+,19-/m0/s1. The van der Waals surface area contributed by atoms with Gasteiger partial charge in [-0.05, 0) is 19.1 Å². The molecule has 1 aromatic carbocycles. The van der Waals surface area contributed by atoms with E-state index < -0.39 is 26.9 Å². The van der Waals surface area contributed by atoms with Gasteiger partial charge in [-0.15, -0.1) is 4.52 Å². The number of hydrogen-bond acceptors (Lipinski definition) is 9. The first-order valence-corrected chi connectivity index (χ1v) is 10.8. The Morgan fingerprint density at radius 2 is 2.13 bits per heavy atom. The fourth-order valence-corrected chi connectivity index (χ4v) is 4.10. The van der Waals surface area contributed by atoms with Crippen molar-refractivity contribution in [2.45, 2.75) is 32.4 Å². The van der Waals surface area contributed by atoms with Crippen LogP contribution in [0.25, 0.3) is 11.2 Å². The molecule has 0 radical (unpaired) electrons. The molecule has 0 aliphatic carbocycles.